The number of piperidine rings is 1. The van der Waals surface area contributed by atoms with E-state index in [1.165, 1.54) is 12.8 Å². The molecule has 1 aliphatic heterocycles. The Morgan fingerprint density at radius 3 is 3.04 bits per heavy atom. The van der Waals surface area contributed by atoms with Crippen molar-refractivity contribution in [2.45, 2.75) is 38.0 Å². The Morgan fingerprint density at radius 1 is 1.24 bits per heavy atom. The topological polar surface area (TPSA) is 74.8 Å². The van der Waals surface area contributed by atoms with Crippen molar-refractivity contribution in [3.8, 4) is 0 Å². The normalized spacial score (nSPS) is 21.1. The van der Waals surface area contributed by atoms with Crippen LogP contribution < -0.4 is 0 Å². The highest BCUT2D eigenvalue weighted by molar-refractivity contribution is 6.04. The zero-order valence-corrected chi connectivity index (χ0v) is 14.1. The number of carbonyl (C=O) groups is 1. The molecule has 2 fully saturated rings. The minimum atomic E-state index is 0.308. The summed E-state index contributed by atoms with van der Waals surface area (Å²) in [6.07, 6.45) is 10.6. The molecule has 1 atom stereocenters. The van der Waals surface area contributed by atoms with Crippen LogP contribution in [-0.4, -0.2) is 43.8 Å². The number of nitrogens with one attached hydrogen (secondary N) is 1. The first kappa shape index (κ1) is 14.8. The standard InChI is InChI=1S/C19H21N5O/c25-16(8-12-3-4-12)24-7-1-2-13(10-24)18-17-14-5-6-20-19(14)21-9-15(17)22-11-23-18/h5-6,9,11-13H,1-4,7-8,10H2,(H,22,23). The van der Waals surface area contributed by atoms with E-state index >= 15 is 0 Å². The second-order valence-corrected chi connectivity index (χ2v) is 7.34. The van der Waals surface area contributed by atoms with Crippen molar-refractivity contribution >= 4 is 27.8 Å². The van der Waals surface area contributed by atoms with Crippen LogP contribution in [-0.2, 0) is 4.79 Å². The molecule has 1 amide bonds. The quantitative estimate of drug-likeness (QED) is 0.798. The van der Waals surface area contributed by atoms with E-state index in [2.05, 4.69) is 24.8 Å². The summed E-state index contributed by atoms with van der Waals surface area (Å²) in [6, 6.07) is 2.00. The Labute approximate surface area is 145 Å². The lowest BCUT2D eigenvalue weighted by Gasteiger charge is -2.33. The maximum atomic E-state index is 12.5. The van der Waals surface area contributed by atoms with Crippen LogP contribution in [0.4, 0.5) is 0 Å². The Morgan fingerprint density at radius 2 is 2.16 bits per heavy atom. The van der Waals surface area contributed by atoms with Gasteiger partial charge in [-0.25, -0.2) is 15.0 Å². The van der Waals surface area contributed by atoms with Crippen LogP contribution in [0.1, 0.15) is 43.7 Å². The van der Waals surface area contributed by atoms with E-state index in [1.54, 1.807) is 18.7 Å². The molecule has 3 aromatic rings. The van der Waals surface area contributed by atoms with E-state index in [1.807, 2.05) is 6.07 Å². The number of hydrogen-bond donors (Lipinski definition) is 1. The number of fused-ring (bicyclic) bond motifs is 3. The number of aromatic amines is 1. The Balaban J connectivity index is 1.51. The molecule has 128 valence electrons. The fourth-order valence-corrected chi connectivity index (χ4v) is 4.03. The predicted octanol–water partition coefficient (Wildman–Crippen LogP) is 3.01. The SMILES string of the molecule is O=C(CC1CC1)N1CCCC(c2[nH]cnc3cnc4nccc4c23)C1. The second kappa shape index (κ2) is 5.79. The van der Waals surface area contributed by atoms with Gasteiger partial charge in [0.05, 0.1) is 18.0 Å². The van der Waals surface area contributed by atoms with Gasteiger partial charge in [0.2, 0.25) is 5.91 Å². The maximum Gasteiger partial charge on any atom is 0.222 e. The summed E-state index contributed by atoms with van der Waals surface area (Å²) >= 11 is 0. The van der Waals surface area contributed by atoms with Crippen molar-refractivity contribution in [3.05, 3.63) is 30.5 Å². The zero-order chi connectivity index (χ0) is 16.8. The minimum Gasteiger partial charge on any atom is -0.349 e. The lowest BCUT2D eigenvalue weighted by atomic mass is 9.91. The number of aromatic nitrogens is 4. The Hall–Kier alpha value is -2.50. The predicted molar refractivity (Wildman–Crippen MR) is 95.1 cm³/mol. The van der Waals surface area contributed by atoms with Crippen molar-refractivity contribution in [1.29, 1.82) is 0 Å². The van der Waals surface area contributed by atoms with Gasteiger partial charge in [0.1, 0.15) is 0 Å². The summed E-state index contributed by atoms with van der Waals surface area (Å²) in [5, 5.41) is 2.14. The van der Waals surface area contributed by atoms with Gasteiger partial charge in [0.25, 0.3) is 0 Å². The highest BCUT2D eigenvalue weighted by Gasteiger charge is 2.31. The number of pyridine rings is 1. The third-order valence-electron chi connectivity index (χ3n) is 5.55. The lowest BCUT2D eigenvalue weighted by Crippen LogP contribution is -2.39. The van der Waals surface area contributed by atoms with Gasteiger partial charge in [0, 0.05) is 48.1 Å². The van der Waals surface area contributed by atoms with Gasteiger partial charge in [-0.05, 0) is 37.7 Å². The first-order chi connectivity index (χ1) is 12.3. The minimum absolute atomic E-state index is 0.308. The molecular weight excluding hydrogens is 314 g/mol. The molecule has 1 aliphatic carbocycles. The first-order valence-electron chi connectivity index (χ1n) is 9.14. The van der Waals surface area contributed by atoms with Crippen LogP contribution >= 0.6 is 0 Å². The van der Waals surface area contributed by atoms with Gasteiger partial charge in [-0.2, -0.15) is 0 Å². The average Bonchev–Trinajstić information content (AvgIpc) is 3.33. The number of amides is 1. The number of rotatable bonds is 3. The molecule has 6 heteroatoms. The van der Waals surface area contributed by atoms with Crippen LogP contribution in [0.3, 0.4) is 0 Å². The molecule has 4 heterocycles. The van der Waals surface area contributed by atoms with Crippen LogP contribution in [0, 0.1) is 5.92 Å². The van der Waals surface area contributed by atoms with E-state index in [4.69, 9.17) is 0 Å². The van der Waals surface area contributed by atoms with Crippen molar-refractivity contribution in [3.63, 3.8) is 0 Å². The summed E-state index contributed by atoms with van der Waals surface area (Å²) in [4.78, 5) is 31.1. The van der Waals surface area contributed by atoms with E-state index < -0.39 is 0 Å². The third kappa shape index (κ3) is 2.65. The summed E-state index contributed by atoms with van der Waals surface area (Å²) in [5.74, 6) is 1.28. The van der Waals surface area contributed by atoms with E-state index in [9.17, 15) is 4.79 Å². The largest absolute Gasteiger partial charge is 0.349 e. The van der Waals surface area contributed by atoms with Crippen LogP contribution in [0.5, 0.6) is 0 Å². The van der Waals surface area contributed by atoms with Gasteiger partial charge in [-0.1, -0.05) is 0 Å². The van der Waals surface area contributed by atoms with E-state index in [0.717, 1.165) is 60.0 Å². The fourth-order valence-electron chi connectivity index (χ4n) is 4.03. The number of carbonyl (C=O) groups excluding carboxylic acids is 1. The molecule has 0 bridgehead atoms. The van der Waals surface area contributed by atoms with Crippen molar-refractivity contribution in [2.24, 2.45) is 5.92 Å². The molecule has 2 aliphatic rings. The second-order valence-electron chi connectivity index (χ2n) is 7.34. The van der Waals surface area contributed by atoms with E-state index in [0.29, 0.717) is 17.7 Å². The molecular formula is C19H21N5O. The first-order valence-corrected chi connectivity index (χ1v) is 9.14. The third-order valence-corrected chi connectivity index (χ3v) is 5.55. The summed E-state index contributed by atoms with van der Waals surface area (Å²) < 4.78 is 0. The Bertz CT molecular complexity index is 945. The number of hydrogen-bond acceptors (Lipinski definition) is 4. The highest BCUT2D eigenvalue weighted by Crippen LogP contribution is 2.36. The zero-order valence-electron chi connectivity index (χ0n) is 14.1. The molecule has 1 unspecified atom stereocenters. The van der Waals surface area contributed by atoms with Gasteiger partial charge in [-0.3, -0.25) is 4.79 Å². The molecule has 0 spiro atoms. The van der Waals surface area contributed by atoms with Crippen molar-refractivity contribution in [1.82, 2.24) is 24.8 Å². The summed E-state index contributed by atoms with van der Waals surface area (Å²) in [5.41, 5.74) is 2.80. The molecule has 3 aromatic heterocycles. The van der Waals surface area contributed by atoms with Crippen molar-refractivity contribution in [2.75, 3.05) is 13.1 Å². The maximum absolute atomic E-state index is 12.5. The molecule has 0 aromatic carbocycles. The number of likely N-dealkylation sites (tertiary alicyclic amines) is 1. The molecule has 1 saturated carbocycles. The van der Waals surface area contributed by atoms with Crippen LogP contribution in [0.2, 0.25) is 0 Å². The van der Waals surface area contributed by atoms with E-state index in [-0.39, 0.29) is 0 Å². The summed E-state index contributed by atoms with van der Waals surface area (Å²) in [6.45, 7) is 1.68. The van der Waals surface area contributed by atoms with Crippen LogP contribution in [0.25, 0.3) is 21.9 Å². The molecule has 5 rings (SSSR count). The van der Waals surface area contributed by atoms with Crippen LogP contribution in [0.15, 0.2) is 24.8 Å². The lowest BCUT2D eigenvalue weighted by molar-refractivity contribution is -0.132. The highest BCUT2D eigenvalue weighted by atomic mass is 16.2. The molecule has 25 heavy (non-hydrogen) atoms. The smallest absolute Gasteiger partial charge is 0.222 e. The van der Waals surface area contributed by atoms with Gasteiger partial charge in [0.15, 0.2) is 5.65 Å². The molecule has 1 N–H and O–H groups in total. The molecule has 6 nitrogen and oxygen atoms in total. The molecule has 1 saturated heterocycles. The van der Waals surface area contributed by atoms with Gasteiger partial charge < -0.3 is 9.88 Å². The van der Waals surface area contributed by atoms with Gasteiger partial charge in [-0.15, -0.1) is 0 Å². The van der Waals surface area contributed by atoms with Gasteiger partial charge >= 0.3 is 0 Å². The average molecular weight is 335 g/mol. The monoisotopic (exact) mass is 335 g/mol. The Kier molecular flexibility index (Phi) is 3.43. The summed E-state index contributed by atoms with van der Waals surface area (Å²) in [7, 11) is 0. The molecule has 0 radical (unpaired) electrons. The van der Waals surface area contributed by atoms with Crippen molar-refractivity contribution < 1.29 is 4.79 Å². The number of H-pyrrole nitrogens is 1. The fraction of sp³-hybridized carbons (Fsp3) is 0.474. The number of nitrogens with zero attached hydrogens (tertiary/aromatic N) is 4.